The number of nitrogens with zero attached hydrogens (tertiary/aromatic N) is 1. The normalized spacial score (nSPS) is 20.8. The lowest BCUT2D eigenvalue weighted by Crippen LogP contribution is -2.40. The Morgan fingerprint density at radius 1 is 0.818 bits per heavy atom. The number of amides is 1. The van der Waals surface area contributed by atoms with Crippen molar-refractivity contribution in [3.8, 4) is 23.0 Å². The van der Waals surface area contributed by atoms with Crippen LogP contribution in [0.4, 0.5) is 31.5 Å². The molecule has 2 aromatic carbocycles. The molecule has 0 saturated heterocycles. The van der Waals surface area contributed by atoms with Crippen LogP contribution in [0, 0.1) is 23.5 Å². The summed E-state index contributed by atoms with van der Waals surface area (Å²) in [7, 11) is 0. The van der Waals surface area contributed by atoms with Gasteiger partial charge in [-0.15, -0.1) is 11.3 Å². The third kappa shape index (κ3) is 8.03. The summed E-state index contributed by atoms with van der Waals surface area (Å²) < 4.78 is 102. The Morgan fingerprint density at radius 3 is 1.86 bits per heavy atom. The van der Waals surface area contributed by atoms with Gasteiger partial charge in [0, 0.05) is 23.4 Å². The van der Waals surface area contributed by atoms with Crippen LogP contribution in [0.1, 0.15) is 31.4 Å². The lowest BCUT2D eigenvalue weighted by molar-refractivity contribution is -0.156. The van der Waals surface area contributed by atoms with Gasteiger partial charge in [0.2, 0.25) is 5.91 Å². The van der Waals surface area contributed by atoms with Crippen molar-refractivity contribution in [3.63, 3.8) is 0 Å². The molecule has 0 bridgehead atoms. The van der Waals surface area contributed by atoms with Crippen molar-refractivity contribution in [2.45, 2.75) is 57.7 Å². The number of alkyl halides is 4. The number of thiazole rings is 1. The summed E-state index contributed by atoms with van der Waals surface area (Å²) >= 11 is 1.12. The molecule has 2 aliphatic rings. The van der Waals surface area contributed by atoms with Crippen LogP contribution in [-0.2, 0) is 20.9 Å². The molecule has 0 radical (unpaired) electrons. The second-order valence-electron chi connectivity index (χ2n) is 10.00. The number of esters is 1. The van der Waals surface area contributed by atoms with Crippen molar-refractivity contribution in [3.05, 3.63) is 59.1 Å². The van der Waals surface area contributed by atoms with E-state index in [4.69, 9.17) is 14.2 Å². The number of hydrogen-bond acceptors (Lipinski definition) is 9. The molecule has 1 aromatic heterocycles. The molecular formula is C28H24F6N2O7S. The largest absolute Gasteiger partial charge is 0.486 e. The van der Waals surface area contributed by atoms with Crippen molar-refractivity contribution in [2.24, 2.45) is 11.8 Å². The maximum Gasteiger partial charge on any atom is 0.387 e. The molecule has 0 unspecified atom stereocenters. The number of aromatic nitrogens is 1. The molecule has 5 rings (SSSR count). The molecule has 2 saturated carbocycles. The zero-order valence-electron chi connectivity index (χ0n) is 22.5. The Labute approximate surface area is 250 Å². The van der Waals surface area contributed by atoms with E-state index in [2.05, 4.69) is 19.8 Å². The quantitative estimate of drug-likeness (QED) is 0.170. The molecule has 236 valence electrons. The molecule has 0 atom stereocenters. The highest BCUT2D eigenvalue weighted by molar-refractivity contribution is 7.13. The third-order valence-corrected chi connectivity index (χ3v) is 7.68. The summed E-state index contributed by atoms with van der Waals surface area (Å²) in [6.45, 7) is -6.38. The van der Waals surface area contributed by atoms with E-state index >= 15 is 0 Å². The standard InChI is InChI=1S/C28H24F6N2O7S/c29-15-1-3-20(42-26(31)32)22(9-15)40-18-5-13(6-18)24(37)36-28-35-17(12-44-28)11-39-25(38)14-7-19(8-14)41-23-10-16(30)2-4-21(23)43-27(33)34/h1-4,9-10,12-14,18-19,26-27H,5-8,11H2,(H,35,36,37)/t13-,14-,18-,19-. The van der Waals surface area contributed by atoms with Gasteiger partial charge in [-0.25, -0.2) is 13.8 Å². The second kappa shape index (κ2) is 13.6. The first-order valence-electron chi connectivity index (χ1n) is 13.3. The van der Waals surface area contributed by atoms with E-state index in [0.717, 1.165) is 47.7 Å². The SMILES string of the molecule is O=C(Nc1nc(COC(=O)[C@H]2C[C@H](Oc3cc(F)ccc3OC(F)F)C2)cs1)[C@H]1C[C@H](Oc2cc(F)ccc2OC(F)F)C1. The fourth-order valence-corrected chi connectivity index (χ4v) is 5.22. The van der Waals surface area contributed by atoms with E-state index in [0.29, 0.717) is 5.69 Å². The first kappa shape index (κ1) is 31.2. The van der Waals surface area contributed by atoms with Gasteiger partial charge in [-0.3, -0.25) is 9.59 Å². The molecule has 2 aliphatic carbocycles. The zero-order chi connectivity index (χ0) is 31.4. The molecule has 2 fully saturated rings. The highest BCUT2D eigenvalue weighted by atomic mass is 32.1. The maximum atomic E-state index is 13.6. The Balaban J connectivity index is 1.02. The molecule has 1 heterocycles. The van der Waals surface area contributed by atoms with Gasteiger partial charge in [-0.2, -0.15) is 17.6 Å². The Morgan fingerprint density at radius 2 is 1.34 bits per heavy atom. The summed E-state index contributed by atoms with van der Waals surface area (Å²) in [5.41, 5.74) is 0.395. The van der Waals surface area contributed by atoms with Crippen LogP contribution in [0.25, 0.3) is 0 Å². The minimum atomic E-state index is -3.11. The van der Waals surface area contributed by atoms with Crippen molar-refractivity contribution in [2.75, 3.05) is 5.32 Å². The average molecular weight is 647 g/mol. The number of halogens is 6. The molecule has 3 aromatic rings. The smallest absolute Gasteiger partial charge is 0.387 e. The third-order valence-electron chi connectivity index (χ3n) is 6.87. The Kier molecular flexibility index (Phi) is 9.66. The predicted octanol–water partition coefficient (Wildman–Crippen LogP) is 6.32. The molecule has 1 N–H and O–H groups in total. The van der Waals surface area contributed by atoms with Crippen molar-refractivity contribution in [1.29, 1.82) is 0 Å². The summed E-state index contributed by atoms with van der Waals surface area (Å²) in [6.07, 6.45) is -0.0383. The number of carbonyl (C=O) groups excluding carboxylic acids is 2. The monoisotopic (exact) mass is 646 g/mol. The maximum absolute atomic E-state index is 13.6. The number of rotatable bonds is 13. The number of nitrogens with one attached hydrogen (secondary N) is 1. The lowest BCUT2D eigenvalue weighted by Gasteiger charge is -2.34. The Bertz CT molecular complexity index is 1480. The van der Waals surface area contributed by atoms with Crippen LogP contribution in [0.2, 0.25) is 0 Å². The predicted molar refractivity (Wildman–Crippen MR) is 141 cm³/mol. The van der Waals surface area contributed by atoms with E-state index in [1.165, 1.54) is 0 Å². The highest BCUT2D eigenvalue weighted by Gasteiger charge is 2.39. The summed E-state index contributed by atoms with van der Waals surface area (Å²) in [5.74, 6) is -4.20. The first-order valence-corrected chi connectivity index (χ1v) is 14.1. The van der Waals surface area contributed by atoms with Crippen LogP contribution in [0.5, 0.6) is 23.0 Å². The molecule has 0 spiro atoms. The van der Waals surface area contributed by atoms with Crippen molar-refractivity contribution >= 4 is 28.3 Å². The fraction of sp³-hybridized carbons (Fsp3) is 0.393. The van der Waals surface area contributed by atoms with Gasteiger partial charge in [0.25, 0.3) is 0 Å². The summed E-state index contributed by atoms with van der Waals surface area (Å²) in [5, 5.41) is 4.54. The fourth-order valence-electron chi connectivity index (χ4n) is 4.53. The Hall–Kier alpha value is -4.21. The lowest BCUT2D eigenvalue weighted by atomic mass is 9.81. The van der Waals surface area contributed by atoms with E-state index in [-0.39, 0.29) is 66.3 Å². The number of anilines is 1. The van der Waals surface area contributed by atoms with Gasteiger partial charge in [-0.1, -0.05) is 0 Å². The number of hydrogen-bond donors (Lipinski definition) is 1. The van der Waals surface area contributed by atoms with Crippen molar-refractivity contribution < 1.29 is 59.6 Å². The van der Waals surface area contributed by atoms with Gasteiger partial charge < -0.3 is 29.0 Å². The number of ether oxygens (including phenoxy) is 5. The van der Waals surface area contributed by atoms with Crippen LogP contribution in [-0.4, -0.2) is 42.3 Å². The first-order chi connectivity index (χ1) is 21.0. The molecule has 1 amide bonds. The van der Waals surface area contributed by atoms with Gasteiger partial charge in [0.1, 0.15) is 30.4 Å². The molecule has 9 nitrogen and oxygen atoms in total. The number of carbonyl (C=O) groups is 2. The number of benzene rings is 2. The van der Waals surface area contributed by atoms with Gasteiger partial charge in [0.05, 0.1) is 11.6 Å². The molecule has 0 aliphatic heterocycles. The molecule has 44 heavy (non-hydrogen) atoms. The van der Waals surface area contributed by atoms with E-state index in [9.17, 15) is 35.9 Å². The van der Waals surface area contributed by atoms with Gasteiger partial charge >= 0.3 is 19.2 Å². The van der Waals surface area contributed by atoms with Crippen LogP contribution < -0.4 is 24.3 Å². The van der Waals surface area contributed by atoms with Crippen LogP contribution >= 0.6 is 11.3 Å². The van der Waals surface area contributed by atoms with Gasteiger partial charge in [-0.05, 0) is 49.9 Å². The minimum Gasteiger partial charge on any atom is -0.486 e. The molecule has 16 heteroatoms. The summed E-state index contributed by atoms with van der Waals surface area (Å²) in [4.78, 5) is 29.2. The molecular weight excluding hydrogens is 622 g/mol. The zero-order valence-corrected chi connectivity index (χ0v) is 23.3. The van der Waals surface area contributed by atoms with Gasteiger partial charge in [0.15, 0.2) is 28.1 Å². The minimum absolute atomic E-state index is 0.153. The van der Waals surface area contributed by atoms with Crippen molar-refractivity contribution in [1.82, 2.24) is 4.98 Å². The second-order valence-corrected chi connectivity index (χ2v) is 10.9. The highest BCUT2D eigenvalue weighted by Crippen LogP contribution is 2.38. The van der Waals surface area contributed by atoms with Crippen LogP contribution in [0.15, 0.2) is 41.8 Å². The van der Waals surface area contributed by atoms with Crippen LogP contribution in [0.3, 0.4) is 0 Å². The van der Waals surface area contributed by atoms with E-state index in [1.807, 2.05) is 0 Å². The van der Waals surface area contributed by atoms with E-state index < -0.39 is 54.9 Å². The average Bonchev–Trinajstić information content (AvgIpc) is 3.35. The topological polar surface area (TPSA) is 105 Å². The van der Waals surface area contributed by atoms with E-state index in [1.54, 1.807) is 5.38 Å². The summed E-state index contributed by atoms with van der Waals surface area (Å²) in [6, 6.07) is 5.86.